The van der Waals surface area contributed by atoms with Crippen LogP contribution in [0.3, 0.4) is 0 Å². The SMILES string of the molecule is O=C(COc1ccc(F)cc1F)Nc1ccccc1C(F)(F)F. The second kappa shape index (κ2) is 6.64. The maximum Gasteiger partial charge on any atom is 0.418 e. The quantitative estimate of drug-likeness (QED) is 0.860. The fraction of sp³-hybridized carbons (Fsp3) is 0.133. The smallest absolute Gasteiger partial charge is 0.418 e. The topological polar surface area (TPSA) is 38.3 Å². The van der Waals surface area contributed by atoms with Gasteiger partial charge in [0.05, 0.1) is 11.3 Å². The molecule has 1 N–H and O–H groups in total. The lowest BCUT2D eigenvalue weighted by atomic mass is 10.1. The molecule has 2 aromatic carbocycles. The predicted molar refractivity (Wildman–Crippen MR) is 71.9 cm³/mol. The number of alkyl halides is 3. The van der Waals surface area contributed by atoms with Crippen LogP contribution in [0.5, 0.6) is 5.75 Å². The molecular formula is C15H10F5NO2. The molecule has 1 amide bonds. The Morgan fingerprint density at radius 2 is 1.78 bits per heavy atom. The Balaban J connectivity index is 2.03. The number of anilines is 1. The Morgan fingerprint density at radius 3 is 2.43 bits per heavy atom. The van der Waals surface area contributed by atoms with Gasteiger partial charge in [-0.1, -0.05) is 12.1 Å². The maximum atomic E-state index is 13.3. The monoisotopic (exact) mass is 331 g/mol. The van der Waals surface area contributed by atoms with Gasteiger partial charge in [0.1, 0.15) is 5.82 Å². The minimum absolute atomic E-state index is 0.384. The first kappa shape index (κ1) is 16.7. The van der Waals surface area contributed by atoms with E-state index >= 15 is 0 Å². The molecule has 3 nitrogen and oxygen atoms in total. The van der Waals surface area contributed by atoms with Crippen molar-refractivity contribution >= 4 is 11.6 Å². The number of halogens is 5. The van der Waals surface area contributed by atoms with Gasteiger partial charge in [-0.05, 0) is 24.3 Å². The highest BCUT2D eigenvalue weighted by Gasteiger charge is 2.33. The molecule has 0 aromatic heterocycles. The molecule has 0 unspecified atom stereocenters. The number of benzene rings is 2. The van der Waals surface area contributed by atoms with Crippen molar-refractivity contribution in [2.24, 2.45) is 0 Å². The van der Waals surface area contributed by atoms with Crippen LogP contribution in [0.15, 0.2) is 42.5 Å². The molecule has 122 valence electrons. The summed E-state index contributed by atoms with van der Waals surface area (Å²) in [5, 5.41) is 2.04. The van der Waals surface area contributed by atoms with E-state index in [4.69, 9.17) is 4.74 Å². The Morgan fingerprint density at radius 1 is 1.09 bits per heavy atom. The number of hydrogen-bond donors (Lipinski definition) is 1. The lowest BCUT2D eigenvalue weighted by molar-refractivity contribution is -0.137. The van der Waals surface area contributed by atoms with Crippen LogP contribution in [-0.4, -0.2) is 12.5 Å². The van der Waals surface area contributed by atoms with Crippen molar-refractivity contribution < 1.29 is 31.5 Å². The number of hydrogen-bond acceptors (Lipinski definition) is 2. The van der Waals surface area contributed by atoms with Gasteiger partial charge in [0.25, 0.3) is 5.91 Å². The van der Waals surface area contributed by atoms with Gasteiger partial charge >= 0.3 is 6.18 Å². The molecule has 0 heterocycles. The van der Waals surface area contributed by atoms with Crippen molar-refractivity contribution in [1.82, 2.24) is 0 Å². The summed E-state index contributed by atoms with van der Waals surface area (Å²) in [6, 6.07) is 6.87. The zero-order valence-electron chi connectivity index (χ0n) is 11.5. The molecule has 0 aliphatic heterocycles. The van der Waals surface area contributed by atoms with E-state index in [-0.39, 0.29) is 5.75 Å². The number of carbonyl (C=O) groups excluding carboxylic acids is 1. The third-order valence-electron chi connectivity index (χ3n) is 2.76. The fourth-order valence-electron chi connectivity index (χ4n) is 1.76. The molecule has 0 bridgehead atoms. The normalized spacial score (nSPS) is 11.2. The minimum Gasteiger partial charge on any atom is -0.481 e. The van der Waals surface area contributed by atoms with Gasteiger partial charge < -0.3 is 10.1 Å². The first-order chi connectivity index (χ1) is 10.8. The van der Waals surface area contributed by atoms with E-state index in [1.165, 1.54) is 12.1 Å². The molecule has 8 heteroatoms. The van der Waals surface area contributed by atoms with E-state index in [1.807, 2.05) is 5.32 Å². The van der Waals surface area contributed by atoms with Crippen molar-refractivity contribution in [2.45, 2.75) is 6.18 Å². The summed E-state index contributed by atoms with van der Waals surface area (Å²) in [4.78, 5) is 11.6. The molecule has 0 fully saturated rings. The van der Waals surface area contributed by atoms with Gasteiger partial charge in [-0.3, -0.25) is 4.79 Å². The van der Waals surface area contributed by atoms with Crippen molar-refractivity contribution in [2.75, 3.05) is 11.9 Å². The van der Waals surface area contributed by atoms with E-state index < -0.39 is 41.6 Å². The summed E-state index contributed by atoms with van der Waals surface area (Å²) in [6.07, 6.45) is -4.63. The second-order valence-corrected chi connectivity index (χ2v) is 4.45. The zero-order chi connectivity index (χ0) is 17.0. The van der Waals surface area contributed by atoms with Crippen molar-refractivity contribution in [3.8, 4) is 5.75 Å². The minimum atomic E-state index is -4.63. The molecule has 0 saturated heterocycles. The molecule has 0 saturated carbocycles. The highest BCUT2D eigenvalue weighted by molar-refractivity contribution is 5.92. The first-order valence-corrected chi connectivity index (χ1v) is 6.31. The summed E-state index contributed by atoms with van der Waals surface area (Å²) in [5.41, 5.74) is -1.45. The Labute approximate surface area is 127 Å². The first-order valence-electron chi connectivity index (χ1n) is 6.31. The van der Waals surface area contributed by atoms with E-state index in [0.29, 0.717) is 6.07 Å². The average molecular weight is 331 g/mol. The van der Waals surface area contributed by atoms with Gasteiger partial charge in [0.2, 0.25) is 0 Å². The van der Waals surface area contributed by atoms with Gasteiger partial charge in [-0.2, -0.15) is 13.2 Å². The maximum absolute atomic E-state index is 13.3. The zero-order valence-corrected chi connectivity index (χ0v) is 11.5. The van der Waals surface area contributed by atoms with Crippen LogP contribution in [0, 0.1) is 11.6 Å². The van der Waals surface area contributed by atoms with E-state index in [0.717, 1.165) is 24.3 Å². The molecule has 0 atom stereocenters. The molecule has 0 radical (unpaired) electrons. The summed E-state index contributed by atoms with van der Waals surface area (Å²) in [7, 11) is 0. The van der Waals surface area contributed by atoms with Crippen LogP contribution in [-0.2, 0) is 11.0 Å². The Hall–Kier alpha value is -2.64. The average Bonchev–Trinajstić information content (AvgIpc) is 2.46. The van der Waals surface area contributed by atoms with E-state index in [2.05, 4.69) is 0 Å². The van der Waals surface area contributed by atoms with Crippen LogP contribution in [0.2, 0.25) is 0 Å². The lowest BCUT2D eigenvalue weighted by Gasteiger charge is -2.13. The van der Waals surface area contributed by atoms with Crippen molar-refractivity contribution in [3.05, 3.63) is 59.7 Å². The van der Waals surface area contributed by atoms with Gasteiger partial charge in [-0.25, -0.2) is 8.78 Å². The standard InChI is InChI=1S/C15H10F5NO2/c16-9-5-6-13(11(17)7-9)23-8-14(22)21-12-4-2-1-3-10(12)15(18,19)20/h1-7H,8H2,(H,21,22). The summed E-state index contributed by atoms with van der Waals surface area (Å²) in [6.45, 7) is -0.727. The predicted octanol–water partition coefficient (Wildman–Crippen LogP) is 4.00. The van der Waals surface area contributed by atoms with Crippen LogP contribution >= 0.6 is 0 Å². The third-order valence-corrected chi connectivity index (χ3v) is 2.76. The molecule has 0 aliphatic carbocycles. The molecule has 0 spiro atoms. The summed E-state index contributed by atoms with van der Waals surface area (Å²) >= 11 is 0. The number of nitrogens with one attached hydrogen (secondary N) is 1. The van der Waals surface area contributed by atoms with Crippen LogP contribution in [0.25, 0.3) is 0 Å². The van der Waals surface area contributed by atoms with Crippen molar-refractivity contribution in [1.29, 1.82) is 0 Å². The fourth-order valence-corrected chi connectivity index (χ4v) is 1.76. The number of rotatable bonds is 4. The summed E-state index contributed by atoms with van der Waals surface area (Å²) < 4.78 is 69.1. The van der Waals surface area contributed by atoms with Gasteiger partial charge in [-0.15, -0.1) is 0 Å². The van der Waals surface area contributed by atoms with Crippen LogP contribution in [0.4, 0.5) is 27.6 Å². The third kappa shape index (κ3) is 4.41. The van der Waals surface area contributed by atoms with E-state index in [9.17, 15) is 26.7 Å². The van der Waals surface area contributed by atoms with Gasteiger partial charge in [0.15, 0.2) is 18.2 Å². The Bertz CT molecular complexity index is 715. The lowest BCUT2D eigenvalue weighted by Crippen LogP contribution is -2.22. The van der Waals surface area contributed by atoms with Crippen LogP contribution in [0.1, 0.15) is 5.56 Å². The summed E-state index contributed by atoms with van der Waals surface area (Å²) in [5.74, 6) is -3.14. The molecule has 2 rings (SSSR count). The molecule has 0 aliphatic rings. The molecule has 2 aromatic rings. The van der Waals surface area contributed by atoms with E-state index in [1.54, 1.807) is 0 Å². The van der Waals surface area contributed by atoms with Gasteiger partial charge in [0, 0.05) is 6.07 Å². The number of ether oxygens (including phenoxy) is 1. The number of amides is 1. The highest BCUT2D eigenvalue weighted by atomic mass is 19.4. The largest absolute Gasteiger partial charge is 0.481 e. The highest BCUT2D eigenvalue weighted by Crippen LogP contribution is 2.34. The van der Waals surface area contributed by atoms with Crippen LogP contribution < -0.4 is 10.1 Å². The molecular weight excluding hydrogens is 321 g/mol. The number of carbonyl (C=O) groups is 1. The molecule has 23 heavy (non-hydrogen) atoms. The number of para-hydroxylation sites is 1. The second-order valence-electron chi connectivity index (χ2n) is 4.45. The van der Waals surface area contributed by atoms with Crippen molar-refractivity contribution in [3.63, 3.8) is 0 Å². The Kier molecular flexibility index (Phi) is 4.83.